The van der Waals surface area contributed by atoms with Crippen LogP contribution >= 0.6 is 0 Å². The SMILES string of the molecule is CC1(C)CCCCC1C(NN)c1ccc(F)c(F)c1. The summed E-state index contributed by atoms with van der Waals surface area (Å²) in [4.78, 5) is 0. The number of hydrogen-bond acceptors (Lipinski definition) is 2. The zero-order valence-electron chi connectivity index (χ0n) is 11.5. The molecule has 0 heterocycles. The van der Waals surface area contributed by atoms with Crippen molar-refractivity contribution < 1.29 is 8.78 Å². The van der Waals surface area contributed by atoms with Crippen LogP contribution < -0.4 is 11.3 Å². The van der Waals surface area contributed by atoms with Crippen LogP contribution in [0.4, 0.5) is 8.78 Å². The summed E-state index contributed by atoms with van der Waals surface area (Å²) >= 11 is 0. The standard InChI is InChI=1S/C15H22F2N2/c1-15(2)8-4-3-5-11(15)14(19-18)10-6-7-12(16)13(17)9-10/h6-7,9,11,14,19H,3-5,8,18H2,1-2H3. The molecule has 2 nitrogen and oxygen atoms in total. The minimum absolute atomic E-state index is 0.134. The van der Waals surface area contributed by atoms with Crippen molar-refractivity contribution in [3.63, 3.8) is 0 Å². The fourth-order valence-corrected chi connectivity index (χ4v) is 3.29. The van der Waals surface area contributed by atoms with Crippen molar-refractivity contribution in [2.75, 3.05) is 0 Å². The minimum Gasteiger partial charge on any atom is -0.271 e. The van der Waals surface area contributed by atoms with Crippen molar-refractivity contribution in [1.82, 2.24) is 5.43 Å². The molecule has 1 aromatic rings. The molecule has 4 heteroatoms. The van der Waals surface area contributed by atoms with E-state index in [9.17, 15) is 8.78 Å². The summed E-state index contributed by atoms with van der Waals surface area (Å²) in [7, 11) is 0. The lowest BCUT2D eigenvalue weighted by Crippen LogP contribution is -2.41. The quantitative estimate of drug-likeness (QED) is 0.648. The molecule has 0 aliphatic heterocycles. The Morgan fingerprint density at radius 2 is 2.00 bits per heavy atom. The molecule has 1 aliphatic rings. The fourth-order valence-electron chi connectivity index (χ4n) is 3.29. The van der Waals surface area contributed by atoms with Gasteiger partial charge in [0.1, 0.15) is 0 Å². The predicted octanol–water partition coefficient (Wildman–Crippen LogP) is 3.69. The molecule has 3 N–H and O–H groups in total. The summed E-state index contributed by atoms with van der Waals surface area (Å²) in [5, 5.41) is 0. The van der Waals surface area contributed by atoms with Crippen LogP contribution in [0, 0.1) is 23.0 Å². The van der Waals surface area contributed by atoms with Gasteiger partial charge in [0.05, 0.1) is 0 Å². The van der Waals surface area contributed by atoms with Crippen LogP contribution in [0.2, 0.25) is 0 Å². The number of halogens is 2. The maximum absolute atomic E-state index is 13.4. The maximum atomic E-state index is 13.4. The van der Waals surface area contributed by atoms with E-state index in [0.29, 0.717) is 5.92 Å². The van der Waals surface area contributed by atoms with E-state index in [0.717, 1.165) is 24.8 Å². The highest BCUT2D eigenvalue weighted by Crippen LogP contribution is 2.46. The van der Waals surface area contributed by atoms with Gasteiger partial charge in [-0.1, -0.05) is 32.8 Å². The fraction of sp³-hybridized carbons (Fsp3) is 0.600. The molecule has 0 radical (unpaired) electrons. The van der Waals surface area contributed by atoms with E-state index in [4.69, 9.17) is 5.84 Å². The van der Waals surface area contributed by atoms with Crippen molar-refractivity contribution >= 4 is 0 Å². The molecule has 0 amide bonds. The third-order valence-corrected chi connectivity index (χ3v) is 4.47. The van der Waals surface area contributed by atoms with Gasteiger partial charge in [-0.05, 0) is 41.9 Å². The second-order valence-electron chi connectivity index (χ2n) is 6.16. The third kappa shape index (κ3) is 2.95. The van der Waals surface area contributed by atoms with Gasteiger partial charge in [0.15, 0.2) is 11.6 Å². The van der Waals surface area contributed by atoms with E-state index < -0.39 is 11.6 Å². The highest BCUT2D eigenvalue weighted by molar-refractivity contribution is 5.22. The molecule has 1 fully saturated rings. The van der Waals surface area contributed by atoms with E-state index in [1.807, 2.05) is 0 Å². The molecule has 2 unspecified atom stereocenters. The number of nitrogens with one attached hydrogen (secondary N) is 1. The van der Waals surface area contributed by atoms with Gasteiger partial charge in [-0.25, -0.2) is 8.78 Å². The molecular formula is C15H22F2N2. The Bertz CT molecular complexity index is 446. The zero-order chi connectivity index (χ0) is 14.0. The maximum Gasteiger partial charge on any atom is 0.159 e. The molecule has 106 valence electrons. The Morgan fingerprint density at radius 1 is 1.26 bits per heavy atom. The van der Waals surface area contributed by atoms with E-state index in [1.54, 1.807) is 6.07 Å². The van der Waals surface area contributed by atoms with Crippen LogP contribution in [-0.2, 0) is 0 Å². The van der Waals surface area contributed by atoms with Crippen LogP contribution in [0.5, 0.6) is 0 Å². The van der Waals surface area contributed by atoms with E-state index in [1.165, 1.54) is 18.6 Å². The molecule has 1 saturated carbocycles. The first-order valence-corrected chi connectivity index (χ1v) is 6.87. The topological polar surface area (TPSA) is 38.0 Å². The number of hydrazine groups is 1. The third-order valence-electron chi connectivity index (χ3n) is 4.47. The largest absolute Gasteiger partial charge is 0.271 e. The molecule has 0 bridgehead atoms. The molecule has 2 atom stereocenters. The lowest BCUT2D eigenvalue weighted by Gasteiger charge is -2.43. The molecule has 1 aromatic carbocycles. The van der Waals surface area contributed by atoms with Gasteiger partial charge >= 0.3 is 0 Å². The highest BCUT2D eigenvalue weighted by atomic mass is 19.2. The van der Waals surface area contributed by atoms with E-state index >= 15 is 0 Å². The molecule has 2 rings (SSSR count). The van der Waals surface area contributed by atoms with Crippen LogP contribution in [0.15, 0.2) is 18.2 Å². The van der Waals surface area contributed by atoms with Crippen molar-refractivity contribution in [2.45, 2.75) is 45.6 Å². The first-order valence-electron chi connectivity index (χ1n) is 6.87. The lowest BCUT2D eigenvalue weighted by atomic mass is 9.65. The Labute approximate surface area is 113 Å². The molecule has 0 spiro atoms. The summed E-state index contributed by atoms with van der Waals surface area (Å²) < 4.78 is 26.4. The van der Waals surface area contributed by atoms with Gasteiger partial charge in [-0.2, -0.15) is 0 Å². The number of hydrogen-bond donors (Lipinski definition) is 2. The average Bonchev–Trinajstić information content (AvgIpc) is 2.36. The van der Waals surface area contributed by atoms with Gasteiger partial charge in [0.25, 0.3) is 0 Å². The number of nitrogens with two attached hydrogens (primary N) is 1. The van der Waals surface area contributed by atoms with Gasteiger partial charge in [0, 0.05) is 6.04 Å². The minimum atomic E-state index is -0.817. The van der Waals surface area contributed by atoms with E-state index in [-0.39, 0.29) is 11.5 Å². The molecule has 0 saturated heterocycles. The summed E-state index contributed by atoms with van der Waals surface area (Å²) in [6.07, 6.45) is 4.58. The monoisotopic (exact) mass is 268 g/mol. The number of benzene rings is 1. The Hall–Kier alpha value is -1.00. The van der Waals surface area contributed by atoms with Crippen molar-refractivity contribution in [2.24, 2.45) is 17.2 Å². The van der Waals surface area contributed by atoms with Crippen LogP contribution in [0.1, 0.15) is 51.1 Å². The van der Waals surface area contributed by atoms with Gasteiger partial charge in [-0.3, -0.25) is 11.3 Å². The molecule has 1 aliphatic carbocycles. The summed E-state index contributed by atoms with van der Waals surface area (Å²) in [5.41, 5.74) is 3.68. The first kappa shape index (κ1) is 14.4. The molecule has 19 heavy (non-hydrogen) atoms. The highest BCUT2D eigenvalue weighted by Gasteiger charge is 2.37. The zero-order valence-corrected chi connectivity index (χ0v) is 11.5. The predicted molar refractivity (Wildman–Crippen MR) is 72.2 cm³/mol. The van der Waals surface area contributed by atoms with Gasteiger partial charge in [0.2, 0.25) is 0 Å². The Kier molecular flexibility index (Phi) is 4.21. The van der Waals surface area contributed by atoms with Crippen LogP contribution in [-0.4, -0.2) is 0 Å². The van der Waals surface area contributed by atoms with Crippen molar-refractivity contribution in [1.29, 1.82) is 0 Å². The smallest absolute Gasteiger partial charge is 0.159 e. The average molecular weight is 268 g/mol. The van der Waals surface area contributed by atoms with Crippen molar-refractivity contribution in [3.8, 4) is 0 Å². The van der Waals surface area contributed by atoms with E-state index in [2.05, 4.69) is 19.3 Å². The van der Waals surface area contributed by atoms with Crippen LogP contribution in [0.25, 0.3) is 0 Å². The lowest BCUT2D eigenvalue weighted by molar-refractivity contribution is 0.0981. The van der Waals surface area contributed by atoms with Crippen molar-refractivity contribution in [3.05, 3.63) is 35.4 Å². The van der Waals surface area contributed by atoms with Gasteiger partial charge in [-0.15, -0.1) is 0 Å². The molecular weight excluding hydrogens is 246 g/mol. The van der Waals surface area contributed by atoms with Gasteiger partial charge < -0.3 is 0 Å². The number of rotatable bonds is 3. The Morgan fingerprint density at radius 3 is 2.58 bits per heavy atom. The summed E-state index contributed by atoms with van der Waals surface area (Å²) in [6, 6.07) is 3.91. The first-order chi connectivity index (χ1) is 8.95. The summed E-state index contributed by atoms with van der Waals surface area (Å²) in [6.45, 7) is 4.45. The second kappa shape index (κ2) is 5.55. The second-order valence-corrected chi connectivity index (χ2v) is 6.16. The normalized spacial score (nSPS) is 24.2. The van der Waals surface area contributed by atoms with Crippen LogP contribution in [0.3, 0.4) is 0 Å². The summed E-state index contributed by atoms with van der Waals surface area (Å²) in [5.74, 6) is 4.38. The molecule has 0 aromatic heterocycles. The Balaban J connectivity index is 2.30.